The van der Waals surface area contributed by atoms with Crippen molar-refractivity contribution in [1.29, 1.82) is 0 Å². The summed E-state index contributed by atoms with van der Waals surface area (Å²) in [5.74, 6) is -1.05. The maximum atomic E-state index is 12.3. The predicted molar refractivity (Wildman–Crippen MR) is 85.8 cm³/mol. The summed E-state index contributed by atoms with van der Waals surface area (Å²) >= 11 is 3.43. The molecule has 0 radical (unpaired) electrons. The lowest BCUT2D eigenvalue weighted by Crippen LogP contribution is -2.45. The van der Waals surface area contributed by atoms with Crippen molar-refractivity contribution in [1.82, 2.24) is 4.90 Å². The normalized spacial score (nSPS) is 16.9. The van der Waals surface area contributed by atoms with E-state index in [1.807, 2.05) is 48.5 Å². The van der Waals surface area contributed by atoms with E-state index in [1.54, 1.807) is 0 Å². The lowest BCUT2D eigenvalue weighted by molar-refractivity contribution is -0.137. The minimum absolute atomic E-state index is 0.364. The van der Waals surface area contributed by atoms with E-state index in [0.717, 1.165) is 15.6 Å². The van der Waals surface area contributed by atoms with Gasteiger partial charge in [-0.3, -0.25) is 4.79 Å². The van der Waals surface area contributed by atoms with Crippen LogP contribution in [0.3, 0.4) is 0 Å². The van der Waals surface area contributed by atoms with Crippen LogP contribution in [0.2, 0.25) is 0 Å². The number of benzene rings is 2. The van der Waals surface area contributed by atoms with Gasteiger partial charge in [0.25, 0.3) is 0 Å². The van der Waals surface area contributed by atoms with Gasteiger partial charge in [-0.25, -0.2) is 4.79 Å². The number of nitrogens with zero attached hydrogens (tertiary/aromatic N) is 1. The molecule has 6 heteroatoms. The maximum Gasteiger partial charge on any atom is 0.323 e. The minimum Gasteiger partial charge on any atom is -0.480 e. The third-order valence-corrected chi connectivity index (χ3v) is 4.04. The number of urea groups is 1. The van der Waals surface area contributed by atoms with Gasteiger partial charge in [-0.05, 0) is 23.8 Å². The zero-order chi connectivity index (χ0) is 15.7. The Labute approximate surface area is 135 Å². The van der Waals surface area contributed by atoms with Crippen LogP contribution in [0.25, 0.3) is 0 Å². The van der Waals surface area contributed by atoms with Gasteiger partial charge in [0.15, 0.2) is 0 Å². The molecule has 0 aliphatic carbocycles. The van der Waals surface area contributed by atoms with Crippen LogP contribution in [0, 0.1) is 0 Å². The van der Waals surface area contributed by atoms with Crippen molar-refractivity contribution >= 4 is 33.6 Å². The largest absolute Gasteiger partial charge is 0.480 e. The quantitative estimate of drug-likeness (QED) is 0.880. The highest BCUT2D eigenvalue weighted by Gasteiger charge is 2.34. The zero-order valence-electron chi connectivity index (χ0n) is 11.5. The Morgan fingerprint density at radius 2 is 1.95 bits per heavy atom. The van der Waals surface area contributed by atoms with Crippen molar-refractivity contribution < 1.29 is 14.7 Å². The number of aliphatic carboxylic acids is 1. The van der Waals surface area contributed by atoms with Crippen LogP contribution >= 0.6 is 15.9 Å². The first-order valence-electron chi connectivity index (χ1n) is 6.70. The molecule has 2 aromatic rings. The number of hydrogen-bond donors (Lipinski definition) is 2. The van der Waals surface area contributed by atoms with Gasteiger partial charge < -0.3 is 15.3 Å². The Bertz CT molecular complexity index is 733. The molecule has 2 aromatic carbocycles. The Hall–Kier alpha value is -2.34. The molecule has 0 spiro atoms. The highest BCUT2D eigenvalue weighted by atomic mass is 79.9. The molecular formula is C16H13BrN2O3. The van der Waals surface area contributed by atoms with E-state index in [9.17, 15) is 9.59 Å². The van der Waals surface area contributed by atoms with Gasteiger partial charge in [-0.15, -0.1) is 0 Å². The summed E-state index contributed by atoms with van der Waals surface area (Å²) in [6.45, 7) is -0.364. The van der Waals surface area contributed by atoms with Crippen molar-refractivity contribution in [3.8, 4) is 0 Å². The van der Waals surface area contributed by atoms with Gasteiger partial charge in [0.1, 0.15) is 6.54 Å². The Morgan fingerprint density at radius 1 is 1.23 bits per heavy atom. The highest BCUT2D eigenvalue weighted by molar-refractivity contribution is 9.10. The summed E-state index contributed by atoms with van der Waals surface area (Å²) in [7, 11) is 0. The van der Waals surface area contributed by atoms with Crippen LogP contribution in [0.15, 0.2) is 53.0 Å². The van der Waals surface area contributed by atoms with E-state index in [4.69, 9.17) is 5.11 Å². The Kier molecular flexibility index (Phi) is 3.85. The van der Waals surface area contributed by atoms with E-state index in [1.165, 1.54) is 4.90 Å². The molecule has 112 valence electrons. The molecule has 0 bridgehead atoms. The molecule has 1 aliphatic rings. The number of amides is 2. The topological polar surface area (TPSA) is 69.6 Å². The average Bonchev–Trinajstić information content (AvgIpc) is 2.49. The second kappa shape index (κ2) is 5.81. The van der Waals surface area contributed by atoms with Gasteiger partial charge in [0.05, 0.1) is 6.04 Å². The van der Waals surface area contributed by atoms with Gasteiger partial charge >= 0.3 is 12.0 Å². The summed E-state index contributed by atoms with van der Waals surface area (Å²) in [6, 6.07) is 14.1. The van der Waals surface area contributed by atoms with E-state index in [0.29, 0.717) is 5.69 Å². The highest BCUT2D eigenvalue weighted by Crippen LogP contribution is 2.38. The molecule has 1 heterocycles. The van der Waals surface area contributed by atoms with Crippen LogP contribution in [0.5, 0.6) is 0 Å². The number of nitrogens with one attached hydrogen (secondary N) is 1. The van der Waals surface area contributed by atoms with Crippen LogP contribution in [-0.4, -0.2) is 28.6 Å². The first-order valence-corrected chi connectivity index (χ1v) is 7.49. The third-order valence-electron chi connectivity index (χ3n) is 3.54. The first kappa shape index (κ1) is 14.6. The van der Waals surface area contributed by atoms with Gasteiger partial charge in [0, 0.05) is 15.7 Å². The molecule has 0 aromatic heterocycles. The lowest BCUT2D eigenvalue weighted by atomic mass is 9.94. The number of carbonyl (C=O) groups is 2. The fourth-order valence-electron chi connectivity index (χ4n) is 2.65. The number of fused-ring (bicyclic) bond motifs is 1. The minimum atomic E-state index is -1.05. The number of rotatable bonds is 3. The first-order chi connectivity index (χ1) is 10.6. The molecule has 1 atom stereocenters. The van der Waals surface area contributed by atoms with Gasteiger partial charge in [-0.2, -0.15) is 0 Å². The molecule has 1 aliphatic heterocycles. The predicted octanol–water partition coefficient (Wildman–Crippen LogP) is 3.47. The zero-order valence-corrected chi connectivity index (χ0v) is 13.1. The number of halogens is 1. The van der Waals surface area contributed by atoms with Gasteiger partial charge in [-0.1, -0.05) is 46.3 Å². The van der Waals surface area contributed by atoms with Crippen molar-refractivity contribution in [3.05, 3.63) is 64.1 Å². The Morgan fingerprint density at radius 3 is 2.64 bits per heavy atom. The lowest BCUT2D eigenvalue weighted by Gasteiger charge is -2.36. The standard InChI is InChI=1S/C16H13BrN2O3/c17-11-6-7-13-12(8-11)15(10-4-2-1-3-5-10)19(9-14(20)21)16(22)18-13/h1-8,15H,9H2,(H,18,22)(H,20,21)/t15-/m0/s1. The van der Waals surface area contributed by atoms with E-state index < -0.39 is 18.0 Å². The van der Waals surface area contributed by atoms with Crippen molar-refractivity contribution in [2.45, 2.75) is 6.04 Å². The van der Waals surface area contributed by atoms with Gasteiger partial charge in [0.2, 0.25) is 0 Å². The third kappa shape index (κ3) is 2.69. The number of carboxylic acids is 1. The molecule has 2 N–H and O–H groups in total. The van der Waals surface area contributed by atoms with Crippen molar-refractivity contribution in [2.24, 2.45) is 0 Å². The van der Waals surface area contributed by atoms with E-state index in [2.05, 4.69) is 21.2 Å². The van der Waals surface area contributed by atoms with E-state index in [-0.39, 0.29) is 6.54 Å². The number of hydrogen-bond acceptors (Lipinski definition) is 2. The molecule has 0 saturated carbocycles. The smallest absolute Gasteiger partial charge is 0.323 e. The summed E-state index contributed by atoms with van der Waals surface area (Å²) in [4.78, 5) is 24.8. The SMILES string of the molecule is O=C(O)CN1C(=O)Nc2ccc(Br)cc2[C@@H]1c1ccccc1. The monoisotopic (exact) mass is 360 g/mol. The maximum absolute atomic E-state index is 12.3. The van der Waals surface area contributed by atoms with Crippen LogP contribution in [0.1, 0.15) is 17.2 Å². The van der Waals surface area contributed by atoms with E-state index >= 15 is 0 Å². The molecule has 3 rings (SSSR count). The number of carbonyl (C=O) groups excluding carboxylic acids is 1. The number of carboxylic acid groups (broad SMARTS) is 1. The fourth-order valence-corrected chi connectivity index (χ4v) is 3.03. The molecule has 22 heavy (non-hydrogen) atoms. The van der Waals surface area contributed by atoms with Crippen LogP contribution in [-0.2, 0) is 4.79 Å². The second-order valence-corrected chi connectivity index (χ2v) is 5.91. The molecule has 5 nitrogen and oxygen atoms in total. The number of anilines is 1. The summed E-state index contributed by atoms with van der Waals surface area (Å²) in [5.41, 5.74) is 2.43. The summed E-state index contributed by atoms with van der Waals surface area (Å²) in [5, 5.41) is 11.9. The molecule has 0 saturated heterocycles. The molecule has 0 fully saturated rings. The molecular weight excluding hydrogens is 348 g/mol. The van der Waals surface area contributed by atoms with Crippen molar-refractivity contribution in [3.63, 3.8) is 0 Å². The second-order valence-electron chi connectivity index (χ2n) is 5.00. The van der Waals surface area contributed by atoms with Crippen LogP contribution < -0.4 is 5.32 Å². The Balaban J connectivity index is 2.15. The summed E-state index contributed by atoms with van der Waals surface area (Å²) < 4.78 is 0.874. The van der Waals surface area contributed by atoms with Crippen molar-refractivity contribution in [2.75, 3.05) is 11.9 Å². The summed E-state index contributed by atoms with van der Waals surface area (Å²) in [6.07, 6.45) is 0. The average molecular weight is 361 g/mol. The molecule has 0 unspecified atom stereocenters. The molecule has 2 amide bonds. The van der Waals surface area contributed by atoms with Crippen LogP contribution in [0.4, 0.5) is 10.5 Å². The fraction of sp³-hybridized carbons (Fsp3) is 0.125.